The van der Waals surface area contributed by atoms with Gasteiger partial charge in [-0.1, -0.05) is 0 Å². The SMILES string of the molecule is CCN(CC)C(=O)OC1=C(O)[C@@H]([C@@H](O)COC=O)OC1=O. The summed E-state index contributed by atoms with van der Waals surface area (Å²) in [5, 5.41) is 19.4. The summed E-state index contributed by atoms with van der Waals surface area (Å²) in [6.45, 7) is 3.77. The first-order chi connectivity index (χ1) is 9.96. The lowest BCUT2D eigenvalue weighted by Crippen LogP contribution is -2.32. The lowest BCUT2D eigenvalue weighted by Gasteiger charge is -2.17. The quantitative estimate of drug-likeness (QED) is 0.373. The normalized spacial score (nSPS) is 19.0. The van der Waals surface area contributed by atoms with Gasteiger partial charge in [-0.2, -0.15) is 0 Å². The average molecular weight is 303 g/mol. The van der Waals surface area contributed by atoms with E-state index in [1.807, 2.05) is 0 Å². The third-order valence-corrected chi connectivity index (χ3v) is 2.82. The Balaban J connectivity index is 2.80. The number of carbonyl (C=O) groups excluding carboxylic acids is 3. The monoisotopic (exact) mass is 303 g/mol. The van der Waals surface area contributed by atoms with Gasteiger partial charge in [0.1, 0.15) is 12.7 Å². The van der Waals surface area contributed by atoms with Crippen LogP contribution in [0, 0.1) is 0 Å². The van der Waals surface area contributed by atoms with E-state index in [4.69, 9.17) is 4.74 Å². The van der Waals surface area contributed by atoms with Crippen LogP contribution in [-0.4, -0.2) is 65.6 Å². The maximum atomic E-state index is 11.7. The molecule has 1 aliphatic heterocycles. The largest absolute Gasteiger partial charge is 0.505 e. The van der Waals surface area contributed by atoms with Crippen molar-refractivity contribution in [3.8, 4) is 0 Å². The number of rotatable bonds is 7. The highest BCUT2D eigenvalue weighted by atomic mass is 16.6. The highest BCUT2D eigenvalue weighted by Gasteiger charge is 2.42. The Labute approximate surface area is 120 Å². The number of cyclic esters (lactones) is 1. The van der Waals surface area contributed by atoms with Crippen molar-refractivity contribution in [2.45, 2.75) is 26.1 Å². The molecule has 9 heteroatoms. The maximum absolute atomic E-state index is 11.7. The van der Waals surface area contributed by atoms with Gasteiger partial charge in [-0.05, 0) is 13.8 Å². The Morgan fingerprint density at radius 3 is 2.62 bits per heavy atom. The van der Waals surface area contributed by atoms with E-state index in [9.17, 15) is 24.6 Å². The van der Waals surface area contributed by atoms with Crippen LogP contribution in [0.3, 0.4) is 0 Å². The highest BCUT2D eigenvalue weighted by molar-refractivity contribution is 5.92. The van der Waals surface area contributed by atoms with Crippen LogP contribution in [0.15, 0.2) is 11.5 Å². The van der Waals surface area contributed by atoms with Crippen LogP contribution in [0.5, 0.6) is 0 Å². The Morgan fingerprint density at radius 2 is 2.10 bits per heavy atom. The molecule has 21 heavy (non-hydrogen) atoms. The molecule has 0 aromatic rings. The lowest BCUT2D eigenvalue weighted by molar-refractivity contribution is -0.150. The molecule has 2 N–H and O–H groups in total. The van der Waals surface area contributed by atoms with Crippen LogP contribution in [0.2, 0.25) is 0 Å². The van der Waals surface area contributed by atoms with Crippen molar-refractivity contribution in [1.82, 2.24) is 4.90 Å². The molecular weight excluding hydrogens is 286 g/mol. The fourth-order valence-corrected chi connectivity index (χ4v) is 1.67. The first-order valence-electron chi connectivity index (χ1n) is 6.30. The molecule has 0 saturated carbocycles. The van der Waals surface area contributed by atoms with Gasteiger partial charge in [-0.25, -0.2) is 9.59 Å². The average Bonchev–Trinajstić information content (AvgIpc) is 2.74. The molecule has 0 bridgehead atoms. The van der Waals surface area contributed by atoms with E-state index in [1.165, 1.54) is 4.90 Å². The van der Waals surface area contributed by atoms with Gasteiger partial charge in [0.25, 0.3) is 12.2 Å². The van der Waals surface area contributed by atoms with Crippen molar-refractivity contribution in [2.75, 3.05) is 19.7 Å². The lowest BCUT2D eigenvalue weighted by atomic mass is 10.2. The Bertz CT molecular complexity index is 443. The predicted molar refractivity (Wildman–Crippen MR) is 67.0 cm³/mol. The predicted octanol–water partition coefficient (Wildman–Crippen LogP) is -0.306. The van der Waals surface area contributed by atoms with Crippen molar-refractivity contribution in [1.29, 1.82) is 0 Å². The molecule has 0 unspecified atom stereocenters. The van der Waals surface area contributed by atoms with Crippen LogP contribution >= 0.6 is 0 Å². The van der Waals surface area contributed by atoms with Gasteiger partial charge in [0.05, 0.1) is 0 Å². The zero-order valence-electron chi connectivity index (χ0n) is 11.6. The van der Waals surface area contributed by atoms with Crippen LogP contribution in [0.4, 0.5) is 4.79 Å². The van der Waals surface area contributed by atoms with E-state index < -0.39 is 42.4 Å². The number of nitrogens with zero attached hydrogens (tertiary/aromatic N) is 1. The van der Waals surface area contributed by atoms with Gasteiger partial charge >= 0.3 is 12.1 Å². The second-order valence-corrected chi connectivity index (χ2v) is 4.08. The minimum atomic E-state index is -1.47. The molecule has 0 aromatic heterocycles. The molecule has 118 valence electrons. The third kappa shape index (κ3) is 3.85. The number of aliphatic hydroxyl groups excluding tert-OH is 2. The second kappa shape index (κ2) is 7.48. The van der Waals surface area contributed by atoms with Crippen molar-refractivity contribution in [3.63, 3.8) is 0 Å². The molecule has 1 rings (SSSR count). The Morgan fingerprint density at radius 1 is 1.48 bits per heavy atom. The minimum absolute atomic E-state index is 0.0993. The summed E-state index contributed by atoms with van der Waals surface area (Å²) in [6, 6.07) is 0. The van der Waals surface area contributed by atoms with Gasteiger partial charge in [0, 0.05) is 13.1 Å². The molecule has 2 atom stereocenters. The summed E-state index contributed by atoms with van der Waals surface area (Å²) in [7, 11) is 0. The first kappa shape index (κ1) is 16.8. The Hall–Kier alpha value is -2.29. The maximum Gasteiger partial charge on any atom is 0.415 e. The number of hydrogen-bond donors (Lipinski definition) is 2. The third-order valence-electron chi connectivity index (χ3n) is 2.82. The van der Waals surface area contributed by atoms with Crippen molar-refractivity contribution in [2.24, 2.45) is 0 Å². The van der Waals surface area contributed by atoms with Gasteiger partial charge in [0.2, 0.25) is 0 Å². The smallest absolute Gasteiger partial charge is 0.415 e. The highest BCUT2D eigenvalue weighted by Crippen LogP contribution is 2.24. The van der Waals surface area contributed by atoms with Gasteiger partial charge < -0.3 is 29.3 Å². The molecule has 0 fully saturated rings. The molecule has 1 heterocycles. The summed E-state index contributed by atoms with van der Waals surface area (Å²) in [4.78, 5) is 34.6. The van der Waals surface area contributed by atoms with E-state index in [0.29, 0.717) is 13.1 Å². The van der Waals surface area contributed by atoms with Crippen molar-refractivity contribution >= 4 is 18.5 Å². The number of esters is 1. The molecule has 1 amide bonds. The molecule has 0 saturated heterocycles. The molecule has 0 spiro atoms. The van der Waals surface area contributed by atoms with E-state index in [-0.39, 0.29) is 6.47 Å². The van der Waals surface area contributed by atoms with Crippen LogP contribution in [-0.2, 0) is 23.8 Å². The zero-order chi connectivity index (χ0) is 16.0. The van der Waals surface area contributed by atoms with Crippen LogP contribution in [0.25, 0.3) is 0 Å². The Kier molecular flexibility index (Phi) is 5.97. The van der Waals surface area contributed by atoms with Crippen LogP contribution in [0.1, 0.15) is 13.8 Å². The summed E-state index contributed by atoms with van der Waals surface area (Å²) < 4.78 is 13.8. The summed E-state index contributed by atoms with van der Waals surface area (Å²) >= 11 is 0. The van der Waals surface area contributed by atoms with Gasteiger partial charge in [0.15, 0.2) is 11.9 Å². The van der Waals surface area contributed by atoms with Crippen molar-refractivity contribution in [3.05, 3.63) is 11.5 Å². The molecule has 9 nitrogen and oxygen atoms in total. The number of aliphatic hydroxyl groups is 2. The molecule has 0 aliphatic carbocycles. The molecule has 0 radical (unpaired) electrons. The van der Waals surface area contributed by atoms with E-state index in [1.54, 1.807) is 13.8 Å². The molecular formula is C12H17NO8. The second-order valence-electron chi connectivity index (χ2n) is 4.08. The molecule has 0 aromatic carbocycles. The topological polar surface area (TPSA) is 123 Å². The van der Waals surface area contributed by atoms with E-state index in [2.05, 4.69) is 9.47 Å². The van der Waals surface area contributed by atoms with E-state index in [0.717, 1.165) is 0 Å². The standard InChI is InChI=1S/C12H17NO8/c1-3-13(4-2)12(18)21-10-8(16)9(20-11(10)17)7(15)5-19-6-14/h6-7,9,15-16H,3-5H2,1-2H3/t7-,9+/m0/s1. The number of hydrogen-bond acceptors (Lipinski definition) is 8. The van der Waals surface area contributed by atoms with Gasteiger partial charge in [-0.3, -0.25) is 4.79 Å². The summed E-state index contributed by atoms with van der Waals surface area (Å²) in [6.07, 6.45) is -3.74. The number of ether oxygens (including phenoxy) is 3. The minimum Gasteiger partial charge on any atom is -0.505 e. The van der Waals surface area contributed by atoms with Crippen molar-refractivity contribution < 1.29 is 38.8 Å². The fourth-order valence-electron chi connectivity index (χ4n) is 1.67. The summed E-state index contributed by atoms with van der Waals surface area (Å²) in [5.74, 6) is -2.48. The van der Waals surface area contributed by atoms with Crippen LogP contribution < -0.4 is 0 Å². The first-order valence-corrected chi connectivity index (χ1v) is 6.30. The summed E-state index contributed by atoms with van der Waals surface area (Å²) in [5.41, 5.74) is 0. The number of carbonyl (C=O) groups is 3. The zero-order valence-corrected chi connectivity index (χ0v) is 11.6. The van der Waals surface area contributed by atoms with E-state index >= 15 is 0 Å². The molecule has 1 aliphatic rings. The number of amides is 1. The van der Waals surface area contributed by atoms with Gasteiger partial charge in [-0.15, -0.1) is 0 Å². The fraction of sp³-hybridized carbons (Fsp3) is 0.583.